The Morgan fingerprint density at radius 2 is 1.68 bits per heavy atom. The van der Waals surface area contributed by atoms with Crippen LogP contribution >= 0.6 is 0 Å². The van der Waals surface area contributed by atoms with Gasteiger partial charge in [-0.1, -0.05) is 66.7 Å². The Kier molecular flexibility index (Phi) is 4.99. The first-order valence-electron chi connectivity index (χ1n) is 12.0. The molecule has 0 saturated heterocycles. The fourth-order valence-corrected chi connectivity index (χ4v) is 4.96. The Balaban J connectivity index is 1.39. The molecule has 37 heavy (non-hydrogen) atoms. The van der Waals surface area contributed by atoms with Crippen LogP contribution in [-0.4, -0.2) is 26.7 Å². The third-order valence-corrected chi connectivity index (χ3v) is 6.70. The minimum atomic E-state index is -0.155. The molecule has 2 aromatic heterocycles. The first-order chi connectivity index (χ1) is 18.3. The van der Waals surface area contributed by atoms with Crippen molar-refractivity contribution in [1.82, 2.24) is 19.6 Å². The number of nitrogens with zero attached hydrogens (tertiary/aromatic N) is 4. The van der Waals surface area contributed by atoms with Gasteiger partial charge < -0.3 is 14.2 Å². The minimum Gasteiger partial charge on any atom is -0.497 e. The van der Waals surface area contributed by atoms with Gasteiger partial charge in [0.15, 0.2) is 11.5 Å². The van der Waals surface area contributed by atoms with Crippen LogP contribution in [0.2, 0.25) is 0 Å². The molecule has 0 spiro atoms. The van der Waals surface area contributed by atoms with Gasteiger partial charge in [0.2, 0.25) is 5.88 Å². The Labute approximate surface area is 212 Å². The number of para-hydroxylation sites is 1. The molecule has 0 amide bonds. The first kappa shape index (κ1) is 21.4. The van der Waals surface area contributed by atoms with Gasteiger partial charge in [-0.3, -0.25) is 0 Å². The van der Waals surface area contributed by atoms with E-state index >= 15 is 0 Å². The second-order valence-corrected chi connectivity index (χ2v) is 8.87. The van der Waals surface area contributed by atoms with Crippen LogP contribution in [0, 0.1) is 0 Å². The number of rotatable bonds is 5. The van der Waals surface area contributed by atoms with E-state index in [-0.39, 0.29) is 12.5 Å². The number of methoxy groups -OCH3 is 1. The lowest BCUT2D eigenvalue weighted by Crippen LogP contribution is -2.15. The summed E-state index contributed by atoms with van der Waals surface area (Å²) in [6.07, 6.45) is 1.65. The molecule has 0 fully saturated rings. The number of benzene rings is 4. The van der Waals surface area contributed by atoms with E-state index in [0.29, 0.717) is 17.4 Å². The normalized spacial score (nSPS) is 14.1. The highest BCUT2D eigenvalue weighted by Gasteiger charge is 2.34. The van der Waals surface area contributed by atoms with E-state index in [1.54, 1.807) is 18.0 Å². The maximum absolute atomic E-state index is 6.49. The second kappa shape index (κ2) is 8.64. The van der Waals surface area contributed by atoms with Gasteiger partial charge in [0.05, 0.1) is 12.7 Å². The average Bonchev–Trinajstić information content (AvgIpc) is 3.39. The lowest BCUT2D eigenvalue weighted by Gasteiger charge is -2.28. The first-order valence-corrected chi connectivity index (χ1v) is 12.0. The van der Waals surface area contributed by atoms with Crippen molar-refractivity contribution in [2.24, 2.45) is 0 Å². The summed E-state index contributed by atoms with van der Waals surface area (Å²) in [5.41, 5.74) is 3.70. The number of hydrogen-bond acceptors (Lipinski definition) is 6. The van der Waals surface area contributed by atoms with Crippen molar-refractivity contribution < 1.29 is 14.2 Å². The average molecular weight is 487 g/mol. The Morgan fingerprint density at radius 1 is 0.865 bits per heavy atom. The highest BCUT2D eigenvalue weighted by Crippen LogP contribution is 2.50. The number of fused-ring (bicyclic) bond motifs is 6. The van der Waals surface area contributed by atoms with E-state index in [9.17, 15) is 0 Å². The lowest BCUT2D eigenvalue weighted by molar-refractivity contribution is 0.296. The van der Waals surface area contributed by atoms with Crippen LogP contribution < -0.4 is 14.2 Å². The molecule has 0 saturated carbocycles. The smallest absolute Gasteiger partial charge is 0.228 e. The van der Waals surface area contributed by atoms with Crippen LogP contribution in [0.25, 0.3) is 16.4 Å². The minimum absolute atomic E-state index is 0.155. The summed E-state index contributed by atoms with van der Waals surface area (Å²) in [4.78, 5) is 9.53. The molecule has 0 unspecified atom stereocenters. The van der Waals surface area contributed by atoms with Crippen molar-refractivity contribution in [3.05, 3.63) is 120 Å². The van der Waals surface area contributed by atoms with Crippen LogP contribution in [0.3, 0.4) is 0 Å². The maximum Gasteiger partial charge on any atom is 0.228 e. The fraction of sp³-hybridized carbons (Fsp3) is 0.100. The van der Waals surface area contributed by atoms with Crippen LogP contribution in [0.15, 0.2) is 97.3 Å². The monoisotopic (exact) mass is 486 g/mol. The summed E-state index contributed by atoms with van der Waals surface area (Å²) in [5, 5.41) is 6.80. The molecule has 0 bridgehead atoms. The predicted molar refractivity (Wildman–Crippen MR) is 140 cm³/mol. The van der Waals surface area contributed by atoms with Crippen molar-refractivity contribution in [3.63, 3.8) is 0 Å². The zero-order valence-corrected chi connectivity index (χ0v) is 20.0. The highest BCUT2D eigenvalue weighted by molar-refractivity contribution is 5.91. The molecule has 0 N–H and O–H groups in total. The van der Waals surface area contributed by atoms with E-state index in [4.69, 9.17) is 19.2 Å². The van der Waals surface area contributed by atoms with Gasteiger partial charge in [-0.15, -0.1) is 5.10 Å². The SMILES string of the molecule is COc1ccc([C@@H]2c3ccc4ccccc4c3Oc3ncn4nc(COc5ccccc5)nc4c32)cc1. The van der Waals surface area contributed by atoms with E-state index in [2.05, 4.69) is 46.5 Å². The molecular formula is C30H22N4O3. The Hall–Kier alpha value is -4.91. The third kappa shape index (κ3) is 3.63. The van der Waals surface area contributed by atoms with Gasteiger partial charge in [0.25, 0.3) is 0 Å². The van der Waals surface area contributed by atoms with Gasteiger partial charge in [-0.05, 0) is 35.2 Å². The van der Waals surface area contributed by atoms with Crippen molar-refractivity contribution in [3.8, 4) is 23.1 Å². The zero-order valence-electron chi connectivity index (χ0n) is 20.0. The summed E-state index contributed by atoms with van der Waals surface area (Å²) < 4.78 is 19.5. The van der Waals surface area contributed by atoms with Crippen LogP contribution in [-0.2, 0) is 6.61 Å². The summed E-state index contributed by atoms with van der Waals surface area (Å²) in [7, 11) is 1.67. The van der Waals surface area contributed by atoms with Crippen molar-refractivity contribution >= 4 is 16.4 Å². The second-order valence-electron chi connectivity index (χ2n) is 8.87. The molecule has 3 heterocycles. The van der Waals surface area contributed by atoms with Crippen LogP contribution in [0.5, 0.6) is 23.1 Å². The van der Waals surface area contributed by atoms with E-state index in [1.165, 1.54) is 0 Å². The van der Waals surface area contributed by atoms with Crippen molar-refractivity contribution in [2.75, 3.05) is 7.11 Å². The van der Waals surface area contributed by atoms with Crippen molar-refractivity contribution in [1.29, 1.82) is 0 Å². The molecule has 7 rings (SSSR count). The molecule has 7 heteroatoms. The maximum atomic E-state index is 6.49. The fourth-order valence-electron chi connectivity index (χ4n) is 4.96. The molecule has 1 atom stereocenters. The number of hydrogen-bond donors (Lipinski definition) is 0. The van der Waals surface area contributed by atoms with Gasteiger partial charge in [0.1, 0.15) is 30.2 Å². The highest BCUT2D eigenvalue weighted by atomic mass is 16.5. The molecule has 4 aromatic carbocycles. The van der Waals surface area contributed by atoms with E-state index in [0.717, 1.165) is 44.7 Å². The molecular weight excluding hydrogens is 464 g/mol. The summed E-state index contributed by atoms with van der Waals surface area (Å²) in [5.74, 6) is 3.32. The van der Waals surface area contributed by atoms with Gasteiger partial charge >= 0.3 is 0 Å². The van der Waals surface area contributed by atoms with Crippen LogP contribution in [0.1, 0.15) is 28.4 Å². The van der Waals surface area contributed by atoms with Crippen molar-refractivity contribution in [2.45, 2.75) is 12.5 Å². The van der Waals surface area contributed by atoms with E-state index < -0.39 is 0 Å². The van der Waals surface area contributed by atoms with Gasteiger partial charge in [-0.2, -0.15) is 0 Å². The van der Waals surface area contributed by atoms with Crippen LogP contribution in [0.4, 0.5) is 0 Å². The molecule has 0 aliphatic carbocycles. The Bertz CT molecular complexity index is 1750. The van der Waals surface area contributed by atoms with E-state index in [1.807, 2.05) is 54.6 Å². The predicted octanol–water partition coefficient (Wildman–Crippen LogP) is 6.15. The quantitative estimate of drug-likeness (QED) is 0.291. The Morgan fingerprint density at radius 3 is 2.51 bits per heavy atom. The lowest BCUT2D eigenvalue weighted by atomic mass is 9.83. The molecule has 6 aromatic rings. The summed E-state index contributed by atoms with van der Waals surface area (Å²) in [6, 6.07) is 30.2. The number of ether oxygens (including phenoxy) is 3. The third-order valence-electron chi connectivity index (χ3n) is 6.70. The standard InChI is InChI=1S/C30H22N4O3/c1-35-21-14-11-20(12-15-21)26-24-16-13-19-7-5-6-10-23(19)28(24)37-30-27(26)29-32-25(33-34(29)18-31-30)17-36-22-8-3-2-4-9-22/h2-16,18,26H,17H2,1H3/t26-/m1/s1. The number of aromatic nitrogens is 4. The zero-order chi connectivity index (χ0) is 24.8. The topological polar surface area (TPSA) is 70.8 Å². The largest absolute Gasteiger partial charge is 0.497 e. The summed E-state index contributed by atoms with van der Waals surface area (Å²) in [6.45, 7) is 0.246. The molecule has 7 nitrogen and oxygen atoms in total. The summed E-state index contributed by atoms with van der Waals surface area (Å²) >= 11 is 0. The molecule has 180 valence electrons. The molecule has 0 radical (unpaired) electrons. The van der Waals surface area contributed by atoms with Gasteiger partial charge in [0, 0.05) is 16.9 Å². The molecule has 1 aliphatic rings. The molecule has 1 aliphatic heterocycles. The van der Waals surface area contributed by atoms with Gasteiger partial charge in [-0.25, -0.2) is 14.5 Å².